The zero-order valence-corrected chi connectivity index (χ0v) is 27.4. The van der Waals surface area contributed by atoms with Crippen LogP contribution in [0.5, 0.6) is 0 Å². The molecule has 2 N–H and O–H groups in total. The highest BCUT2D eigenvalue weighted by molar-refractivity contribution is 5.95. The number of carbonyl (C=O) groups excluding carboxylic acids is 2. The van der Waals surface area contributed by atoms with Crippen LogP contribution in [0.15, 0.2) is 72.3 Å². The maximum absolute atomic E-state index is 13.1. The molecule has 0 unspecified atom stereocenters. The molecule has 0 aromatic heterocycles. The number of urea groups is 1. The SMILES string of the molecule is CCC/C(C)=C(\CC)c1cc(C(=O)NC2CCN(C(=O)Nc3ccc(F)cc3)CC2)ccc1C.CCc1ccc(C(F)(F)F)cc1. The van der Waals surface area contributed by atoms with E-state index in [1.54, 1.807) is 17.0 Å². The highest BCUT2D eigenvalue weighted by atomic mass is 19.4. The summed E-state index contributed by atoms with van der Waals surface area (Å²) in [6.07, 6.45) is 1.04. The van der Waals surface area contributed by atoms with Gasteiger partial charge in [0.1, 0.15) is 5.82 Å². The molecule has 0 saturated carbocycles. The van der Waals surface area contributed by atoms with Gasteiger partial charge in [0.2, 0.25) is 0 Å². The van der Waals surface area contributed by atoms with Gasteiger partial charge >= 0.3 is 12.2 Å². The molecule has 3 aromatic carbocycles. The van der Waals surface area contributed by atoms with E-state index in [-0.39, 0.29) is 23.8 Å². The van der Waals surface area contributed by atoms with Crippen molar-refractivity contribution in [3.63, 3.8) is 0 Å². The number of aryl methyl sites for hydroxylation is 2. The Morgan fingerprint density at radius 3 is 2.09 bits per heavy atom. The minimum absolute atomic E-state index is 0.0233. The predicted octanol–water partition coefficient (Wildman–Crippen LogP) is 9.81. The summed E-state index contributed by atoms with van der Waals surface area (Å²) >= 11 is 0. The van der Waals surface area contributed by atoms with E-state index in [4.69, 9.17) is 0 Å². The molecule has 9 heteroatoms. The summed E-state index contributed by atoms with van der Waals surface area (Å²) in [6.45, 7) is 11.6. The predicted molar refractivity (Wildman–Crippen MR) is 177 cm³/mol. The molecule has 1 aliphatic rings. The second-order valence-electron chi connectivity index (χ2n) is 11.6. The lowest BCUT2D eigenvalue weighted by atomic mass is 9.91. The minimum atomic E-state index is -4.22. The molecular formula is C37H45F4N3O2. The van der Waals surface area contributed by atoms with E-state index >= 15 is 0 Å². The zero-order chi connectivity index (χ0) is 33.9. The summed E-state index contributed by atoms with van der Waals surface area (Å²) in [5.74, 6) is -0.410. The van der Waals surface area contributed by atoms with Crippen LogP contribution in [0, 0.1) is 12.7 Å². The number of hydrogen-bond donors (Lipinski definition) is 2. The number of nitrogens with zero attached hydrogens (tertiary/aromatic N) is 1. The van der Waals surface area contributed by atoms with Gasteiger partial charge in [-0.2, -0.15) is 13.2 Å². The van der Waals surface area contributed by atoms with Crippen molar-refractivity contribution in [2.75, 3.05) is 18.4 Å². The van der Waals surface area contributed by atoms with Crippen molar-refractivity contribution in [3.05, 3.63) is 106 Å². The normalized spacial score (nSPS) is 14.2. The lowest BCUT2D eigenvalue weighted by Gasteiger charge is -2.32. The van der Waals surface area contributed by atoms with E-state index in [0.717, 1.165) is 48.9 Å². The summed E-state index contributed by atoms with van der Waals surface area (Å²) in [5.41, 5.74) is 6.63. The van der Waals surface area contributed by atoms with E-state index in [1.807, 2.05) is 25.1 Å². The van der Waals surface area contributed by atoms with Gasteiger partial charge in [0.25, 0.3) is 5.91 Å². The standard InChI is InChI=1S/C28H36FN3O2.C9H9F3/c1-5-7-19(3)25(6-2)26-18-21(9-8-20(26)4)27(33)30-24-14-16-32(17-15-24)28(34)31-23-12-10-22(29)11-13-23;1-2-7-3-5-8(6-4-7)9(10,11)12/h8-13,18,24H,5-7,14-17H2,1-4H3,(H,30,33)(H,31,34);3-6H,2H2,1H3/b25-19+;. The van der Waals surface area contributed by atoms with Crippen molar-refractivity contribution in [2.24, 2.45) is 0 Å². The van der Waals surface area contributed by atoms with Gasteiger partial charge in [-0.1, -0.05) is 51.0 Å². The Labute approximate surface area is 270 Å². The maximum Gasteiger partial charge on any atom is 0.416 e. The molecule has 5 nitrogen and oxygen atoms in total. The highest BCUT2D eigenvalue weighted by Crippen LogP contribution is 2.30. The summed E-state index contributed by atoms with van der Waals surface area (Å²) in [5, 5.41) is 5.95. The first-order valence-corrected chi connectivity index (χ1v) is 15.9. The number of nitrogens with one attached hydrogen (secondary N) is 2. The number of rotatable bonds is 8. The molecule has 0 aliphatic carbocycles. The van der Waals surface area contributed by atoms with Crippen molar-refractivity contribution in [3.8, 4) is 0 Å². The molecular weight excluding hydrogens is 594 g/mol. The average molecular weight is 640 g/mol. The zero-order valence-electron chi connectivity index (χ0n) is 27.4. The summed E-state index contributed by atoms with van der Waals surface area (Å²) in [7, 11) is 0. The van der Waals surface area contributed by atoms with Gasteiger partial charge in [-0.05, 0) is 117 Å². The van der Waals surface area contributed by atoms with Crippen molar-refractivity contribution >= 4 is 23.2 Å². The monoisotopic (exact) mass is 639 g/mol. The molecule has 248 valence electrons. The van der Waals surface area contributed by atoms with Crippen LogP contribution in [-0.2, 0) is 12.6 Å². The molecule has 3 aromatic rings. The van der Waals surface area contributed by atoms with Crippen LogP contribution in [0.3, 0.4) is 0 Å². The van der Waals surface area contributed by atoms with Crippen LogP contribution in [0.1, 0.15) is 92.4 Å². The smallest absolute Gasteiger partial charge is 0.349 e. The third-order valence-corrected chi connectivity index (χ3v) is 8.22. The number of carbonyl (C=O) groups is 2. The van der Waals surface area contributed by atoms with Gasteiger partial charge in [0.15, 0.2) is 0 Å². The molecule has 0 atom stereocenters. The Kier molecular flexibility index (Phi) is 13.4. The minimum Gasteiger partial charge on any atom is -0.349 e. The number of likely N-dealkylation sites (tertiary alicyclic amines) is 1. The summed E-state index contributed by atoms with van der Waals surface area (Å²) < 4.78 is 49.1. The Morgan fingerprint density at radius 1 is 0.913 bits per heavy atom. The number of piperidine rings is 1. The Bertz CT molecular complexity index is 1470. The molecule has 1 fully saturated rings. The van der Waals surface area contributed by atoms with Gasteiger partial charge in [-0.15, -0.1) is 0 Å². The van der Waals surface area contributed by atoms with Crippen molar-refractivity contribution in [1.82, 2.24) is 10.2 Å². The number of amides is 3. The molecule has 0 radical (unpaired) electrons. The lowest BCUT2D eigenvalue weighted by Crippen LogP contribution is -2.47. The van der Waals surface area contributed by atoms with Crippen LogP contribution in [-0.4, -0.2) is 36.0 Å². The molecule has 0 bridgehead atoms. The molecule has 4 rings (SSSR count). The van der Waals surface area contributed by atoms with Gasteiger partial charge in [0.05, 0.1) is 5.56 Å². The number of halogens is 4. The quantitative estimate of drug-likeness (QED) is 0.241. The third kappa shape index (κ3) is 10.5. The van der Waals surface area contributed by atoms with Crippen molar-refractivity contribution in [1.29, 1.82) is 0 Å². The fraction of sp³-hybridized carbons (Fsp3) is 0.405. The van der Waals surface area contributed by atoms with Gasteiger partial charge < -0.3 is 15.5 Å². The molecule has 1 heterocycles. The first-order valence-electron chi connectivity index (χ1n) is 15.9. The van der Waals surface area contributed by atoms with Crippen molar-refractivity contribution < 1.29 is 27.2 Å². The first kappa shape index (κ1) is 36.3. The van der Waals surface area contributed by atoms with Gasteiger partial charge in [0, 0.05) is 30.4 Å². The van der Waals surface area contributed by atoms with Crippen LogP contribution < -0.4 is 10.6 Å². The van der Waals surface area contributed by atoms with E-state index < -0.39 is 11.7 Å². The van der Waals surface area contributed by atoms with E-state index in [9.17, 15) is 27.2 Å². The Balaban J connectivity index is 0.000000402. The number of allylic oxidation sites excluding steroid dienone is 2. The van der Waals surface area contributed by atoms with Crippen LogP contribution in [0.25, 0.3) is 5.57 Å². The summed E-state index contributed by atoms with van der Waals surface area (Å²) in [4.78, 5) is 27.2. The van der Waals surface area contributed by atoms with E-state index in [2.05, 4.69) is 38.3 Å². The summed E-state index contributed by atoms with van der Waals surface area (Å²) in [6, 6.07) is 16.7. The Hall–Kier alpha value is -4.14. The molecule has 0 spiro atoms. The van der Waals surface area contributed by atoms with Gasteiger partial charge in [-0.3, -0.25) is 4.79 Å². The highest BCUT2D eigenvalue weighted by Gasteiger charge is 2.30. The largest absolute Gasteiger partial charge is 0.416 e. The fourth-order valence-electron chi connectivity index (χ4n) is 5.50. The maximum atomic E-state index is 13.1. The number of anilines is 1. The second kappa shape index (κ2) is 17.0. The Morgan fingerprint density at radius 2 is 1.54 bits per heavy atom. The van der Waals surface area contributed by atoms with Gasteiger partial charge in [-0.25, -0.2) is 9.18 Å². The number of hydrogen-bond acceptors (Lipinski definition) is 2. The van der Waals surface area contributed by atoms with E-state index in [1.165, 1.54) is 41.0 Å². The molecule has 1 aliphatic heterocycles. The van der Waals surface area contributed by atoms with Crippen LogP contribution in [0.2, 0.25) is 0 Å². The van der Waals surface area contributed by atoms with Crippen molar-refractivity contribution in [2.45, 2.75) is 85.4 Å². The lowest BCUT2D eigenvalue weighted by molar-refractivity contribution is -0.137. The van der Waals surface area contributed by atoms with Crippen LogP contribution >= 0.6 is 0 Å². The third-order valence-electron chi connectivity index (χ3n) is 8.22. The molecule has 1 saturated heterocycles. The second-order valence-corrected chi connectivity index (χ2v) is 11.6. The first-order chi connectivity index (χ1) is 21.9. The fourth-order valence-corrected chi connectivity index (χ4v) is 5.50. The number of alkyl halides is 3. The molecule has 3 amide bonds. The van der Waals surface area contributed by atoms with Crippen LogP contribution in [0.4, 0.5) is 28.0 Å². The number of benzene rings is 3. The van der Waals surface area contributed by atoms with E-state index in [0.29, 0.717) is 37.2 Å². The topological polar surface area (TPSA) is 61.4 Å². The average Bonchev–Trinajstić information content (AvgIpc) is 3.03. The molecule has 46 heavy (non-hydrogen) atoms.